The molecule has 0 bridgehead atoms. The molecule has 0 aromatic heterocycles. The van der Waals surface area contributed by atoms with E-state index >= 15 is 0 Å². The SMILES string of the molecule is CCOc1ccc(C2SCC(=O)N2CC(=O)NC)cc1. The number of amides is 2. The molecule has 0 saturated carbocycles. The third-order valence-corrected chi connectivity index (χ3v) is 4.29. The lowest BCUT2D eigenvalue weighted by molar-refractivity contribution is -0.133. The Balaban J connectivity index is 2.13. The van der Waals surface area contributed by atoms with Gasteiger partial charge in [0.05, 0.1) is 12.4 Å². The Bertz CT molecular complexity index is 490. The second kappa shape index (κ2) is 6.65. The molecular weight excluding hydrogens is 276 g/mol. The summed E-state index contributed by atoms with van der Waals surface area (Å²) in [6.45, 7) is 2.66. The Hall–Kier alpha value is -1.69. The van der Waals surface area contributed by atoms with Crippen molar-refractivity contribution in [2.75, 3.05) is 26.0 Å². The number of nitrogens with one attached hydrogen (secondary N) is 1. The van der Waals surface area contributed by atoms with E-state index < -0.39 is 0 Å². The standard InChI is InChI=1S/C14H18N2O3S/c1-3-19-11-6-4-10(5-7-11)14-16(8-12(17)15-2)13(18)9-20-14/h4-7,14H,3,8-9H2,1-2H3,(H,15,17). The highest BCUT2D eigenvalue weighted by Crippen LogP contribution is 2.38. The number of carbonyl (C=O) groups excluding carboxylic acids is 2. The Labute approximate surface area is 122 Å². The van der Waals surface area contributed by atoms with Gasteiger partial charge in [0.25, 0.3) is 0 Å². The van der Waals surface area contributed by atoms with Gasteiger partial charge in [-0.2, -0.15) is 0 Å². The molecular formula is C14H18N2O3S. The van der Waals surface area contributed by atoms with Crippen LogP contribution in [0.3, 0.4) is 0 Å². The summed E-state index contributed by atoms with van der Waals surface area (Å²) in [5, 5.41) is 2.45. The lowest BCUT2D eigenvalue weighted by Gasteiger charge is -2.23. The molecule has 1 aliphatic rings. The molecule has 0 aliphatic carbocycles. The number of thioether (sulfide) groups is 1. The minimum atomic E-state index is -0.156. The topological polar surface area (TPSA) is 58.6 Å². The van der Waals surface area contributed by atoms with E-state index in [9.17, 15) is 9.59 Å². The van der Waals surface area contributed by atoms with Crippen LogP contribution in [0.15, 0.2) is 24.3 Å². The van der Waals surface area contributed by atoms with E-state index in [-0.39, 0.29) is 23.7 Å². The third kappa shape index (κ3) is 3.25. The lowest BCUT2D eigenvalue weighted by Crippen LogP contribution is -2.37. The van der Waals surface area contributed by atoms with Crippen molar-refractivity contribution < 1.29 is 14.3 Å². The van der Waals surface area contributed by atoms with Crippen LogP contribution in [0.2, 0.25) is 0 Å². The predicted molar refractivity (Wildman–Crippen MR) is 78.6 cm³/mol. The fourth-order valence-electron chi connectivity index (χ4n) is 2.03. The fourth-order valence-corrected chi connectivity index (χ4v) is 3.22. The van der Waals surface area contributed by atoms with Crippen LogP contribution in [-0.4, -0.2) is 42.7 Å². The van der Waals surface area contributed by atoms with E-state index in [1.165, 1.54) is 11.8 Å². The largest absolute Gasteiger partial charge is 0.494 e. The Morgan fingerprint density at radius 3 is 2.75 bits per heavy atom. The Kier molecular flexibility index (Phi) is 4.89. The van der Waals surface area contributed by atoms with Crippen LogP contribution in [0.1, 0.15) is 17.9 Å². The first-order valence-corrected chi connectivity index (χ1v) is 7.55. The zero-order valence-electron chi connectivity index (χ0n) is 11.6. The zero-order valence-corrected chi connectivity index (χ0v) is 12.4. The number of likely N-dealkylation sites (N-methyl/N-ethyl adjacent to an activating group) is 1. The smallest absolute Gasteiger partial charge is 0.239 e. The van der Waals surface area contributed by atoms with Crippen LogP contribution in [0.5, 0.6) is 5.75 Å². The van der Waals surface area contributed by atoms with Gasteiger partial charge >= 0.3 is 0 Å². The van der Waals surface area contributed by atoms with E-state index in [1.54, 1.807) is 11.9 Å². The summed E-state index contributed by atoms with van der Waals surface area (Å²) in [6, 6.07) is 7.66. The molecule has 1 N–H and O–H groups in total. The summed E-state index contributed by atoms with van der Waals surface area (Å²) in [5.74, 6) is 1.06. The fraction of sp³-hybridized carbons (Fsp3) is 0.429. The zero-order chi connectivity index (χ0) is 14.5. The van der Waals surface area contributed by atoms with Crippen molar-refractivity contribution in [3.63, 3.8) is 0 Å². The van der Waals surface area contributed by atoms with Crippen LogP contribution >= 0.6 is 11.8 Å². The van der Waals surface area contributed by atoms with Crippen LogP contribution in [0.4, 0.5) is 0 Å². The maximum atomic E-state index is 11.9. The van der Waals surface area contributed by atoms with E-state index in [0.717, 1.165) is 11.3 Å². The minimum absolute atomic E-state index is 0.00233. The molecule has 2 amide bonds. The molecule has 2 rings (SSSR count). The molecule has 6 heteroatoms. The van der Waals surface area contributed by atoms with Crippen molar-refractivity contribution in [1.82, 2.24) is 10.2 Å². The van der Waals surface area contributed by atoms with Crippen LogP contribution in [0, 0.1) is 0 Å². The van der Waals surface area contributed by atoms with Gasteiger partial charge in [-0.05, 0) is 24.6 Å². The van der Waals surface area contributed by atoms with Gasteiger partial charge < -0.3 is 15.0 Å². The average molecular weight is 294 g/mol. The van der Waals surface area contributed by atoms with Gasteiger partial charge in [-0.15, -0.1) is 11.8 Å². The van der Waals surface area contributed by atoms with Crippen LogP contribution in [-0.2, 0) is 9.59 Å². The first-order valence-electron chi connectivity index (χ1n) is 6.50. The molecule has 1 aliphatic heterocycles. The molecule has 1 aromatic rings. The maximum Gasteiger partial charge on any atom is 0.239 e. The molecule has 1 aromatic carbocycles. The number of carbonyl (C=O) groups is 2. The quantitative estimate of drug-likeness (QED) is 0.892. The molecule has 1 heterocycles. The summed E-state index contributed by atoms with van der Waals surface area (Å²) in [7, 11) is 1.57. The van der Waals surface area contributed by atoms with E-state index in [1.807, 2.05) is 31.2 Å². The predicted octanol–water partition coefficient (Wildman–Crippen LogP) is 1.41. The van der Waals surface area contributed by atoms with Gasteiger partial charge in [-0.25, -0.2) is 0 Å². The second-order valence-electron chi connectivity index (χ2n) is 4.36. The molecule has 108 valence electrons. The second-order valence-corrected chi connectivity index (χ2v) is 5.43. The molecule has 1 saturated heterocycles. The lowest BCUT2D eigenvalue weighted by atomic mass is 10.2. The van der Waals surface area contributed by atoms with E-state index in [2.05, 4.69) is 5.32 Å². The highest BCUT2D eigenvalue weighted by molar-refractivity contribution is 8.00. The van der Waals surface area contributed by atoms with Crippen LogP contribution < -0.4 is 10.1 Å². The molecule has 0 spiro atoms. The van der Waals surface area contributed by atoms with Crippen molar-refractivity contribution in [1.29, 1.82) is 0 Å². The normalized spacial score (nSPS) is 18.2. The molecule has 1 atom stereocenters. The van der Waals surface area contributed by atoms with E-state index in [0.29, 0.717) is 12.4 Å². The van der Waals surface area contributed by atoms with Crippen molar-refractivity contribution in [2.45, 2.75) is 12.3 Å². The molecule has 1 fully saturated rings. The highest BCUT2D eigenvalue weighted by Gasteiger charge is 2.33. The van der Waals surface area contributed by atoms with Gasteiger partial charge in [0.2, 0.25) is 11.8 Å². The van der Waals surface area contributed by atoms with Gasteiger partial charge in [0.15, 0.2) is 0 Å². The molecule has 5 nitrogen and oxygen atoms in total. The first kappa shape index (κ1) is 14.7. The summed E-state index contributed by atoms with van der Waals surface area (Å²) in [6.07, 6.45) is 0. The molecule has 20 heavy (non-hydrogen) atoms. The number of hydrogen-bond acceptors (Lipinski definition) is 4. The van der Waals surface area contributed by atoms with Crippen molar-refractivity contribution >= 4 is 23.6 Å². The Morgan fingerprint density at radius 2 is 2.15 bits per heavy atom. The molecule has 1 unspecified atom stereocenters. The highest BCUT2D eigenvalue weighted by atomic mass is 32.2. The van der Waals surface area contributed by atoms with Crippen LogP contribution in [0.25, 0.3) is 0 Å². The van der Waals surface area contributed by atoms with Crippen molar-refractivity contribution in [2.24, 2.45) is 0 Å². The average Bonchev–Trinajstić information content (AvgIpc) is 2.81. The minimum Gasteiger partial charge on any atom is -0.494 e. The van der Waals surface area contributed by atoms with Gasteiger partial charge in [0.1, 0.15) is 17.7 Å². The van der Waals surface area contributed by atoms with E-state index in [4.69, 9.17) is 4.74 Å². The maximum absolute atomic E-state index is 11.9. The van der Waals surface area contributed by atoms with Crippen molar-refractivity contribution in [3.05, 3.63) is 29.8 Å². The number of nitrogens with zero attached hydrogens (tertiary/aromatic N) is 1. The monoisotopic (exact) mass is 294 g/mol. The molecule has 0 radical (unpaired) electrons. The van der Waals surface area contributed by atoms with Gasteiger partial charge in [-0.3, -0.25) is 9.59 Å². The number of benzene rings is 1. The van der Waals surface area contributed by atoms with Crippen molar-refractivity contribution in [3.8, 4) is 5.75 Å². The first-order chi connectivity index (χ1) is 9.65. The van der Waals surface area contributed by atoms with Gasteiger partial charge in [-0.1, -0.05) is 12.1 Å². The third-order valence-electron chi connectivity index (χ3n) is 3.04. The number of ether oxygens (including phenoxy) is 1. The number of hydrogen-bond donors (Lipinski definition) is 1. The number of rotatable bonds is 5. The summed E-state index contributed by atoms with van der Waals surface area (Å²) >= 11 is 1.54. The summed E-state index contributed by atoms with van der Waals surface area (Å²) in [4.78, 5) is 25.0. The summed E-state index contributed by atoms with van der Waals surface area (Å²) in [5.41, 5.74) is 1.01. The summed E-state index contributed by atoms with van der Waals surface area (Å²) < 4.78 is 5.40. The Morgan fingerprint density at radius 1 is 1.45 bits per heavy atom. The van der Waals surface area contributed by atoms with Gasteiger partial charge in [0, 0.05) is 7.05 Å².